The molecule has 0 unspecified atom stereocenters. The van der Waals surface area contributed by atoms with Crippen LogP contribution >= 0.6 is 27.5 Å². The minimum atomic E-state index is 0.504. The van der Waals surface area contributed by atoms with Crippen LogP contribution < -0.4 is 0 Å². The summed E-state index contributed by atoms with van der Waals surface area (Å²) in [6, 6.07) is 5.75. The smallest absolute Gasteiger partial charge is 0.140 e. The molecule has 0 N–H and O–H groups in total. The Balaban J connectivity index is 2.94. The molecule has 0 aliphatic carbocycles. The Bertz CT molecular complexity index is 470. The number of rotatable bonds is 0. The molecule has 0 aliphatic heterocycles. The fourth-order valence-electron chi connectivity index (χ4n) is 1.18. The van der Waals surface area contributed by atoms with Crippen molar-refractivity contribution in [3.8, 4) is 0 Å². The van der Waals surface area contributed by atoms with E-state index in [-0.39, 0.29) is 0 Å². The summed E-state index contributed by atoms with van der Waals surface area (Å²) in [6.45, 7) is 1.82. The Kier molecular flexibility index (Phi) is 2.22. The second-order valence-electron chi connectivity index (χ2n) is 2.70. The number of halogens is 2. The lowest BCUT2D eigenvalue weighted by Crippen LogP contribution is -1.90. The summed E-state index contributed by atoms with van der Waals surface area (Å²) in [5.41, 5.74) is 0.861. The molecule has 0 fully saturated rings. The molecule has 66 valence electrons. The second kappa shape index (κ2) is 3.24. The zero-order chi connectivity index (χ0) is 9.42. The molecule has 0 aliphatic rings. The SMILES string of the molecule is Cc1nc(Cl)c2cccc(Br)c2n1. The standard InChI is InChI=1S/C9H6BrClN2/c1-5-12-8-6(9(11)13-5)3-2-4-7(8)10/h2-4H,1H3. The van der Waals surface area contributed by atoms with Crippen LogP contribution in [0.3, 0.4) is 0 Å². The maximum absolute atomic E-state index is 5.96. The number of para-hydroxylation sites is 1. The van der Waals surface area contributed by atoms with Crippen LogP contribution in [-0.2, 0) is 0 Å². The minimum Gasteiger partial charge on any atom is -0.232 e. The van der Waals surface area contributed by atoms with E-state index in [0.29, 0.717) is 11.0 Å². The Labute approximate surface area is 89.1 Å². The van der Waals surface area contributed by atoms with Gasteiger partial charge in [0.1, 0.15) is 11.0 Å². The zero-order valence-electron chi connectivity index (χ0n) is 6.88. The van der Waals surface area contributed by atoms with Gasteiger partial charge in [-0.3, -0.25) is 0 Å². The summed E-state index contributed by atoms with van der Waals surface area (Å²) in [7, 11) is 0. The minimum absolute atomic E-state index is 0.504. The van der Waals surface area contributed by atoms with Crippen molar-refractivity contribution in [1.82, 2.24) is 9.97 Å². The first kappa shape index (κ1) is 8.91. The monoisotopic (exact) mass is 256 g/mol. The highest BCUT2D eigenvalue weighted by Crippen LogP contribution is 2.26. The molecule has 0 bridgehead atoms. The van der Waals surface area contributed by atoms with Crippen molar-refractivity contribution in [2.45, 2.75) is 6.92 Å². The third-order valence-electron chi connectivity index (χ3n) is 1.74. The summed E-state index contributed by atoms with van der Waals surface area (Å²) in [5.74, 6) is 0.685. The van der Waals surface area contributed by atoms with Crippen LogP contribution in [-0.4, -0.2) is 9.97 Å². The van der Waals surface area contributed by atoms with E-state index in [1.807, 2.05) is 25.1 Å². The molecule has 0 atom stereocenters. The van der Waals surface area contributed by atoms with Crippen LogP contribution in [0.15, 0.2) is 22.7 Å². The van der Waals surface area contributed by atoms with Crippen molar-refractivity contribution in [3.05, 3.63) is 33.6 Å². The van der Waals surface area contributed by atoms with E-state index < -0.39 is 0 Å². The van der Waals surface area contributed by atoms with Gasteiger partial charge in [-0.2, -0.15) is 0 Å². The molecule has 0 saturated carbocycles. The van der Waals surface area contributed by atoms with E-state index >= 15 is 0 Å². The number of aromatic nitrogens is 2. The number of aryl methyl sites for hydroxylation is 1. The van der Waals surface area contributed by atoms with Gasteiger partial charge in [-0.15, -0.1) is 0 Å². The van der Waals surface area contributed by atoms with Crippen LogP contribution in [0.2, 0.25) is 5.15 Å². The van der Waals surface area contributed by atoms with Gasteiger partial charge < -0.3 is 0 Å². The average Bonchev–Trinajstić information content (AvgIpc) is 2.07. The van der Waals surface area contributed by atoms with Gasteiger partial charge in [0.05, 0.1) is 5.52 Å². The molecule has 2 rings (SSSR count). The fourth-order valence-corrected chi connectivity index (χ4v) is 1.91. The molecule has 1 aromatic heterocycles. The number of benzene rings is 1. The lowest BCUT2D eigenvalue weighted by atomic mass is 10.2. The van der Waals surface area contributed by atoms with Crippen LogP contribution in [0.1, 0.15) is 5.82 Å². The molecular formula is C9H6BrClN2. The second-order valence-corrected chi connectivity index (χ2v) is 3.91. The molecule has 0 spiro atoms. The van der Waals surface area contributed by atoms with Crippen molar-refractivity contribution in [3.63, 3.8) is 0 Å². The first-order chi connectivity index (χ1) is 6.18. The van der Waals surface area contributed by atoms with E-state index in [9.17, 15) is 0 Å². The number of fused-ring (bicyclic) bond motifs is 1. The van der Waals surface area contributed by atoms with Crippen molar-refractivity contribution in [2.75, 3.05) is 0 Å². The highest BCUT2D eigenvalue weighted by atomic mass is 79.9. The molecule has 0 amide bonds. The summed E-state index contributed by atoms with van der Waals surface area (Å²) >= 11 is 9.38. The highest BCUT2D eigenvalue weighted by Gasteiger charge is 2.05. The molecule has 0 saturated heterocycles. The number of nitrogens with zero attached hydrogens (tertiary/aromatic N) is 2. The van der Waals surface area contributed by atoms with Gasteiger partial charge in [-0.1, -0.05) is 17.7 Å². The maximum Gasteiger partial charge on any atom is 0.140 e. The van der Waals surface area contributed by atoms with E-state index in [1.165, 1.54) is 0 Å². The molecule has 2 nitrogen and oxygen atoms in total. The van der Waals surface area contributed by atoms with Crippen LogP contribution in [0, 0.1) is 6.92 Å². The largest absolute Gasteiger partial charge is 0.232 e. The summed E-state index contributed by atoms with van der Waals surface area (Å²) in [6.07, 6.45) is 0. The van der Waals surface area contributed by atoms with Crippen molar-refractivity contribution in [1.29, 1.82) is 0 Å². The third kappa shape index (κ3) is 1.54. The van der Waals surface area contributed by atoms with Gasteiger partial charge in [-0.05, 0) is 35.0 Å². The van der Waals surface area contributed by atoms with Crippen molar-refractivity contribution < 1.29 is 0 Å². The molecule has 1 aromatic carbocycles. The molecular weight excluding hydrogens is 251 g/mol. The molecule has 2 aromatic rings. The maximum atomic E-state index is 5.96. The Morgan fingerprint density at radius 2 is 2.08 bits per heavy atom. The normalized spacial score (nSPS) is 10.7. The highest BCUT2D eigenvalue weighted by molar-refractivity contribution is 9.10. The third-order valence-corrected chi connectivity index (χ3v) is 2.67. The van der Waals surface area contributed by atoms with Gasteiger partial charge in [0.25, 0.3) is 0 Å². The summed E-state index contributed by atoms with van der Waals surface area (Å²) in [5, 5.41) is 1.38. The number of hydrogen-bond acceptors (Lipinski definition) is 2. The molecule has 0 radical (unpaired) electrons. The van der Waals surface area contributed by atoms with Gasteiger partial charge in [0.15, 0.2) is 0 Å². The predicted octanol–water partition coefficient (Wildman–Crippen LogP) is 3.35. The van der Waals surface area contributed by atoms with Crippen LogP contribution in [0.4, 0.5) is 0 Å². The van der Waals surface area contributed by atoms with E-state index in [4.69, 9.17) is 11.6 Å². The molecule has 4 heteroatoms. The molecule has 13 heavy (non-hydrogen) atoms. The fraction of sp³-hybridized carbons (Fsp3) is 0.111. The van der Waals surface area contributed by atoms with E-state index in [2.05, 4.69) is 25.9 Å². The topological polar surface area (TPSA) is 25.8 Å². The predicted molar refractivity (Wildman–Crippen MR) is 57.0 cm³/mol. The van der Waals surface area contributed by atoms with Gasteiger partial charge in [-0.25, -0.2) is 9.97 Å². The Morgan fingerprint density at radius 3 is 2.85 bits per heavy atom. The lowest BCUT2D eigenvalue weighted by molar-refractivity contribution is 1.09. The van der Waals surface area contributed by atoms with Crippen molar-refractivity contribution in [2.24, 2.45) is 0 Å². The van der Waals surface area contributed by atoms with Crippen LogP contribution in [0.25, 0.3) is 10.9 Å². The van der Waals surface area contributed by atoms with E-state index in [0.717, 1.165) is 15.4 Å². The first-order valence-corrected chi connectivity index (χ1v) is 4.94. The Hall–Kier alpha value is -0.670. The van der Waals surface area contributed by atoms with Gasteiger partial charge in [0.2, 0.25) is 0 Å². The quantitative estimate of drug-likeness (QED) is 0.676. The zero-order valence-corrected chi connectivity index (χ0v) is 9.22. The first-order valence-electron chi connectivity index (χ1n) is 3.77. The van der Waals surface area contributed by atoms with Crippen molar-refractivity contribution >= 4 is 38.4 Å². The van der Waals surface area contributed by atoms with Crippen LogP contribution in [0.5, 0.6) is 0 Å². The molecule has 1 heterocycles. The number of hydrogen-bond donors (Lipinski definition) is 0. The lowest BCUT2D eigenvalue weighted by Gasteiger charge is -2.01. The van der Waals surface area contributed by atoms with E-state index in [1.54, 1.807) is 0 Å². The van der Waals surface area contributed by atoms with Gasteiger partial charge in [0, 0.05) is 9.86 Å². The average molecular weight is 258 g/mol. The summed E-state index contributed by atoms with van der Waals surface area (Å²) in [4.78, 5) is 8.37. The Morgan fingerprint density at radius 1 is 1.31 bits per heavy atom. The summed E-state index contributed by atoms with van der Waals surface area (Å²) < 4.78 is 0.942. The van der Waals surface area contributed by atoms with Gasteiger partial charge >= 0.3 is 0 Å².